The molecule has 0 aliphatic rings. The molecule has 19 heavy (non-hydrogen) atoms. The molecule has 1 aromatic carbocycles. The maximum atomic E-state index is 11.1. The fourth-order valence-electron chi connectivity index (χ4n) is 1.55. The summed E-state index contributed by atoms with van der Waals surface area (Å²) in [6, 6.07) is 7.23. The van der Waals surface area contributed by atoms with Crippen molar-refractivity contribution in [3.63, 3.8) is 0 Å². The van der Waals surface area contributed by atoms with Crippen molar-refractivity contribution >= 4 is 22.6 Å². The molecule has 0 spiro atoms. The largest absolute Gasteiger partial charge is 0.366 e. The third kappa shape index (κ3) is 3.51. The number of hydrogen-bond donors (Lipinski definition) is 2. The molecule has 2 aromatic rings. The van der Waals surface area contributed by atoms with Crippen LogP contribution in [0.5, 0.6) is 0 Å². The zero-order valence-corrected chi connectivity index (χ0v) is 11.7. The lowest BCUT2D eigenvalue weighted by molar-refractivity contribution is 0.1000. The summed E-state index contributed by atoms with van der Waals surface area (Å²) in [6.45, 7) is 4.71. The molecule has 0 unspecified atom stereocenters. The van der Waals surface area contributed by atoms with Gasteiger partial charge in [0.15, 0.2) is 0 Å². The highest BCUT2D eigenvalue weighted by Gasteiger charge is 2.07. The van der Waals surface area contributed by atoms with Crippen LogP contribution < -0.4 is 11.1 Å². The Morgan fingerprint density at radius 2 is 2.26 bits per heavy atom. The standard InChI is InChI=1S/C13H16N4OS/c1-8(2)12-16-13(19-17-12)15-7-9-4-3-5-10(6-9)11(14)18/h3-6,8H,7H2,1-2H3,(H2,14,18)(H,15,16,17). The maximum absolute atomic E-state index is 11.1. The van der Waals surface area contributed by atoms with E-state index in [1.165, 1.54) is 11.5 Å². The number of carbonyl (C=O) groups excluding carboxylic acids is 1. The van der Waals surface area contributed by atoms with Crippen LogP contribution in [0.25, 0.3) is 0 Å². The first-order valence-corrected chi connectivity index (χ1v) is 6.80. The van der Waals surface area contributed by atoms with Gasteiger partial charge in [-0.1, -0.05) is 26.0 Å². The highest BCUT2D eigenvalue weighted by molar-refractivity contribution is 7.09. The lowest BCUT2D eigenvalue weighted by atomic mass is 10.1. The molecule has 3 N–H and O–H groups in total. The smallest absolute Gasteiger partial charge is 0.248 e. The number of carbonyl (C=O) groups is 1. The molecule has 0 radical (unpaired) electrons. The van der Waals surface area contributed by atoms with Crippen molar-refractivity contribution in [3.05, 3.63) is 41.2 Å². The lowest BCUT2D eigenvalue weighted by Gasteiger charge is -2.04. The molecule has 0 bridgehead atoms. The Morgan fingerprint density at radius 1 is 1.47 bits per heavy atom. The normalized spacial score (nSPS) is 10.7. The van der Waals surface area contributed by atoms with E-state index in [-0.39, 0.29) is 0 Å². The van der Waals surface area contributed by atoms with E-state index in [2.05, 4.69) is 28.5 Å². The highest BCUT2D eigenvalue weighted by atomic mass is 32.1. The summed E-state index contributed by atoms with van der Waals surface area (Å²) < 4.78 is 4.27. The van der Waals surface area contributed by atoms with Gasteiger partial charge in [-0.25, -0.2) is 4.98 Å². The Bertz CT molecular complexity index is 580. The molecule has 0 atom stereocenters. The van der Waals surface area contributed by atoms with E-state index < -0.39 is 5.91 Å². The molecule has 0 aliphatic carbocycles. The third-order valence-electron chi connectivity index (χ3n) is 2.61. The van der Waals surface area contributed by atoms with Gasteiger partial charge in [0.1, 0.15) is 5.82 Å². The average molecular weight is 276 g/mol. The maximum Gasteiger partial charge on any atom is 0.248 e. The SMILES string of the molecule is CC(C)c1nsc(NCc2cccc(C(N)=O)c2)n1. The van der Waals surface area contributed by atoms with Gasteiger partial charge in [-0.15, -0.1) is 0 Å². The monoisotopic (exact) mass is 276 g/mol. The molecule has 0 saturated carbocycles. The van der Waals surface area contributed by atoms with E-state index in [0.29, 0.717) is 18.0 Å². The van der Waals surface area contributed by atoms with Crippen LogP contribution in [0.2, 0.25) is 0 Å². The Hall–Kier alpha value is -1.95. The van der Waals surface area contributed by atoms with Crippen molar-refractivity contribution in [2.24, 2.45) is 5.73 Å². The third-order valence-corrected chi connectivity index (χ3v) is 3.30. The second-order valence-electron chi connectivity index (χ2n) is 4.53. The number of anilines is 1. The molecule has 0 aliphatic heterocycles. The van der Waals surface area contributed by atoms with E-state index in [0.717, 1.165) is 16.5 Å². The molecule has 0 saturated heterocycles. The van der Waals surface area contributed by atoms with Gasteiger partial charge >= 0.3 is 0 Å². The van der Waals surface area contributed by atoms with Crippen LogP contribution in [-0.4, -0.2) is 15.3 Å². The fraction of sp³-hybridized carbons (Fsp3) is 0.308. The molecule has 100 valence electrons. The van der Waals surface area contributed by atoms with Crippen molar-refractivity contribution in [2.45, 2.75) is 26.3 Å². The second kappa shape index (κ2) is 5.79. The van der Waals surface area contributed by atoms with Gasteiger partial charge in [-0.05, 0) is 17.7 Å². The average Bonchev–Trinajstić information content (AvgIpc) is 2.85. The number of benzene rings is 1. The fourth-order valence-corrected chi connectivity index (χ4v) is 2.26. The van der Waals surface area contributed by atoms with Crippen LogP contribution in [0.1, 0.15) is 41.5 Å². The van der Waals surface area contributed by atoms with Crippen molar-refractivity contribution in [2.75, 3.05) is 5.32 Å². The number of primary amides is 1. The van der Waals surface area contributed by atoms with Crippen LogP contribution in [0, 0.1) is 0 Å². The predicted molar refractivity (Wildman–Crippen MR) is 76.3 cm³/mol. The van der Waals surface area contributed by atoms with Gasteiger partial charge in [0.25, 0.3) is 0 Å². The molecular weight excluding hydrogens is 260 g/mol. The van der Waals surface area contributed by atoms with Crippen molar-refractivity contribution in [3.8, 4) is 0 Å². The molecular formula is C13H16N4OS. The number of hydrogen-bond acceptors (Lipinski definition) is 5. The number of nitrogens with two attached hydrogens (primary N) is 1. The first-order chi connectivity index (χ1) is 9.06. The van der Waals surface area contributed by atoms with Crippen molar-refractivity contribution in [1.82, 2.24) is 9.36 Å². The number of nitrogens with zero attached hydrogens (tertiary/aromatic N) is 2. The summed E-state index contributed by atoms with van der Waals surface area (Å²) in [6.07, 6.45) is 0. The molecule has 5 nitrogen and oxygen atoms in total. The predicted octanol–water partition coefficient (Wildman–Crippen LogP) is 2.37. The molecule has 6 heteroatoms. The topological polar surface area (TPSA) is 80.9 Å². The number of aromatic nitrogens is 2. The van der Waals surface area contributed by atoms with Crippen molar-refractivity contribution in [1.29, 1.82) is 0 Å². The molecule has 1 aromatic heterocycles. The summed E-state index contributed by atoms with van der Waals surface area (Å²) in [5.74, 6) is 0.753. The van der Waals surface area contributed by atoms with E-state index in [9.17, 15) is 4.79 Å². The van der Waals surface area contributed by atoms with Crippen LogP contribution in [0.15, 0.2) is 24.3 Å². The summed E-state index contributed by atoms with van der Waals surface area (Å²) in [5.41, 5.74) is 6.74. The van der Waals surface area contributed by atoms with Gasteiger partial charge < -0.3 is 11.1 Å². The van der Waals surface area contributed by atoms with Gasteiger partial charge in [-0.2, -0.15) is 4.37 Å². The van der Waals surface area contributed by atoms with Gasteiger partial charge in [-0.3, -0.25) is 4.79 Å². The highest BCUT2D eigenvalue weighted by Crippen LogP contribution is 2.18. The Morgan fingerprint density at radius 3 is 2.89 bits per heavy atom. The summed E-state index contributed by atoms with van der Waals surface area (Å²) in [7, 11) is 0. The summed E-state index contributed by atoms with van der Waals surface area (Å²) in [4.78, 5) is 15.5. The zero-order chi connectivity index (χ0) is 13.8. The molecule has 1 amide bonds. The Balaban J connectivity index is 2.01. The van der Waals surface area contributed by atoms with Crippen molar-refractivity contribution < 1.29 is 4.79 Å². The van der Waals surface area contributed by atoms with E-state index >= 15 is 0 Å². The van der Waals surface area contributed by atoms with Gasteiger partial charge in [0, 0.05) is 29.6 Å². The second-order valence-corrected chi connectivity index (χ2v) is 5.28. The number of amides is 1. The molecule has 2 rings (SSSR count). The Labute approximate surface area is 116 Å². The van der Waals surface area contributed by atoms with Crippen LogP contribution in [-0.2, 0) is 6.54 Å². The number of rotatable bonds is 5. The summed E-state index contributed by atoms with van der Waals surface area (Å²) in [5, 5.41) is 3.98. The zero-order valence-electron chi connectivity index (χ0n) is 10.9. The molecule has 1 heterocycles. The van der Waals surface area contributed by atoms with Gasteiger partial charge in [0.05, 0.1) is 0 Å². The minimum atomic E-state index is -0.417. The minimum absolute atomic E-state index is 0.324. The minimum Gasteiger partial charge on any atom is -0.366 e. The van der Waals surface area contributed by atoms with Crippen LogP contribution in [0.4, 0.5) is 5.13 Å². The Kier molecular flexibility index (Phi) is 4.11. The van der Waals surface area contributed by atoms with Gasteiger partial charge in [0.2, 0.25) is 11.0 Å². The lowest BCUT2D eigenvalue weighted by Crippen LogP contribution is -2.11. The van der Waals surface area contributed by atoms with E-state index in [4.69, 9.17) is 5.73 Å². The van der Waals surface area contributed by atoms with Crippen LogP contribution in [0.3, 0.4) is 0 Å². The van der Waals surface area contributed by atoms with E-state index in [1.807, 2.05) is 12.1 Å². The quantitative estimate of drug-likeness (QED) is 0.878. The van der Waals surface area contributed by atoms with E-state index in [1.54, 1.807) is 12.1 Å². The van der Waals surface area contributed by atoms with Crippen LogP contribution >= 0.6 is 11.5 Å². The number of nitrogens with one attached hydrogen (secondary N) is 1. The first kappa shape index (κ1) is 13.5. The molecule has 0 fully saturated rings. The summed E-state index contributed by atoms with van der Waals surface area (Å²) >= 11 is 1.34. The first-order valence-electron chi connectivity index (χ1n) is 6.02.